The van der Waals surface area contributed by atoms with Crippen molar-refractivity contribution in [3.63, 3.8) is 0 Å². The highest BCUT2D eigenvalue weighted by molar-refractivity contribution is 7.26. The molecule has 0 amide bonds. The fourth-order valence-electron chi connectivity index (χ4n) is 7.08. The number of benzene rings is 8. The van der Waals surface area contributed by atoms with Gasteiger partial charge in [0.05, 0.1) is 10.2 Å². The lowest BCUT2D eigenvalue weighted by molar-refractivity contribution is 1.29. The van der Waals surface area contributed by atoms with E-state index in [2.05, 4.69) is 187 Å². The number of rotatable bonds is 6. The molecule has 0 fully saturated rings. The van der Waals surface area contributed by atoms with Crippen LogP contribution in [0.15, 0.2) is 182 Å². The van der Waals surface area contributed by atoms with Gasteiger partial charge < -0.3 is 4.90 Å². The van der Waals surface area contributed by atoms with Crippen molar-refractivity contribution in [3.05, 3.63) is 182 Å². The summed E-state index contributed by atoms with van der Waals surface area (Å²) in [6.07, 6.45) is 0. The molecule has 10 rings (SSSR count). The SMILES string of the molecule is c1ccc(-c2ccc(N(c3ccc(-c4ccc5ccccc5c4)cc3)c3ccc4sc5cc6sc(-c7ccccc7)nc6cc5c4c3)cc2)cc1. The van der Waals surface area contributed by atoms with Gasteiger partial charge in [-0.15, -0.1) is 22.7 Å². The summed E-state index contributed by atoms with van der Waals surface area (Å²) in [6.45, 7) is 0. The van der Waals surface area contributed by atoms with Crippen LogP contribution in [0.2, 0.25) is 0 Å². The summed E-state index contributed by atoms with van der Waals surface area (Å²) >= 11 is 3.62. The molecule has 0 saturated carbocycles. The Morgan fingerprint density at radius 3 is 1.65 bits per heavy atom. The summed E-state index contributed by atoms with van der Waals surface area (Å²) in [4.78, 5) is 7.44. The lowest BCUT2D eigenvalue weighted by Gasteiger charge is -2.26. The Labute approximate surface area is 304 Å². The first-order valence-corrected chi connectivity index (χ1v) is 18.7. The highest BCUT2D eigenvalue weighted by atomic mass is 32.1. The van der Waals surface area contributed by atoms with Gasteiger partial charge in [-0.25, -0.2) is 4.98 Å². The van der Waals surface area contributed by atoms with E-state index < -0.39 is 0 Å². The second kappa shape index (κ2) is 12.4. The number of fused-ring (bicyclic) bond motifs is 5. The first-order chi connectivity index (χ1) is 25.2. The zero-order chi connectivity index (χ0) is 33.7. The minimum Gasteiger partial charge on any atom is -0.310 e. The standard InChI is InChI=1S/C47H30N2S2/c1-3-9-31(10-4-1)33-17-21-38(22-18-33)49(39-23-19-34(20-24-39)37-16-15-32-11-7-8-14-36(32)27-37)40-25-26-44-41(28-40)42-29-43-46(30-45(42)50-44)51-47(48-43)35-12-5-2-6-13-35/h1-30H. The molecule has 2 heterocycles. The molecule has 10 aromatic rings. The fourth-order valence-corrected chi connectivity index (χ4v) is 9.26. The molecule has 0 unspecified atom stereocenters. The summed E-state index contributed by atoms with van der Waals surface area (Å²) in [7, 11) is 0. The quantitative estimate of drug-likeness (QED) is 0.173. The van der Waals surface area contributed by atoms with Crippen LogP contribution in [0.3, 0.4) is 0 Å². The summed E-state index contributed by atoms with van der Waals surface area (Å²) in [5.41, 5.74) is 10.4. The van der Waals surface area contributed by atoms with Crippen LogP contribution in [-0.2, 0) is 0 Å². The molecule has 0 N–H and O–H groups in total. The number of thiazole rings is 1. The lowest BCUT2D eigenvalue weighted by Crippen LogP contribution is -2.09. The molecule has 0 aliphatic rings. The molecule has 4 heteroatoms. The van der Waals surface area contributed by atoms with E-state index in [-0.39, 0.29) is 0 Å². The van der Waals surface area contributed by atoms with Gasteiger partial charge in [-0.2, -0.15) is 0 Å². The van der Waals surface area contributed by atoms with Crippen LogP contribution >= 0.6 is 22.7 Å². The molecule has 0 atom stereocenters. The smallest absolute Gasteiger partial charge is 0.124 e. The molecule has 0 radical (unpaired) electrons. The molecule has 0 saturated heterocycles. The summed E-state index contributed by atoms with van der Waals surface area (Å²) < 4.78 is 3.79. The third-order valence-corrected chi connectivity index (χ3v) is 11.9. The maximum atomic E-state index is 5.07. The Balaban J connectivity index is 1.08. The highest BCUT2D eigenvalue weighted by Crippen LogP contribution is 2.43. The van der Waals surface area contributed by atoms with Gasteiger partial charge in [0.1, 0.15) is 5.01 Å². The van der Waals surface area contributed by atoms with Crippen LogP contribution < -0.4 is 4.90 Å². The Morgan fingerprint density at radius 2 is 0.922 bits per heavy atom. The zero-order valence-electron chi connectivity index (χ0n) is 27.5. The van der Waals surface area contributed by atoms with Crippen molar-refractivity contribution in [1.29, 1.82) is 0 Å². The second-order valence-corrected chi connectivity index (χ2v) is 15.0. The molecule has 8 aromatic carbocycles. The van der Waals surface area contributed by atoms with Gasteiger partial charge in [0, 0.05) is 42.8 Å². The Bertz CT molecular complexity index is 2840. The van der Waals surface area contributed by atoms with Crippen LogP contribution in [0.1, 0.15) is 0 Å². The monoisotopic (exact) mass is 686 g/mol. The topological polar surface area (TPSA) is 16.1 Å². The number of hydrogen-bond acceptors (Lipinski definition) is 4. The Morgan fingerprint density at radius 1 is 0.353 bits per heavy atom. The number of anilines is 3. The summed E-state index contributed by atoms with van der Waals surface area (Å²) in [5.74, 6) is 0. The van der Waals surface area contributed by atoms with Gasteiger partial charge in [0.2, 0.25) is 0 Å². The number of nitrogens with zero attached hydrogens (tertiary/aromatic N) is 2. The largest absolute Gasteiger partial charge is 0.310 e. The van der Waals surface area contributed by atoms with E-state index in [0.717, 1.165) is 33.1 Å². The van der Waals surface area contributed by atoms with E-state index in [1.54, 1.807) is 11.3 Å². The number of hydrogen-bond donors (Lipinski definition) is 0. The van der Waals surface area contributed by atoms with E-state index in [1.807, 2.05) is 11.3 Å². The fraction of sp³-hybridized carbons (Fsp3) is 0. The van der Waals surface area contributed by atoms with Crippen molar-refractivity contribution in [2.75, 3.05) is 4.90 Å². The average molecular weight is 687 g/mol. The molecule has 240 valence electrons. The van der Waals surface area contributed by atoms with Crippen molar-refractivity contribution in [1.82, 2.24) is 4.98 Å². The van der Waals surface area contributed by atoms with Crippen LogP contribution in [-0.4, -0.2) is 4.98 Å². The number of aromatic nitrogens is 1. The van der Waals surface area contributed by atoms with Crippen LogP contribution in [0.25, 0.3) is 74.0 Å². The van der Waals surface area contributed by atoms with Crippen LogP contribution in [0, 0.1) is 0 Å². The van der Waals surface area contributed by atoms with Gasteiger partial charge >= 0.3 is 0 Å². The van der Waals surface area contributed by atoms with Gasteiger partial charge in [-0.3, -0.25) is 0 Å². The third kappa shape index (κ3) is 5.46. The van der Waals surface area contributed by atoms with Gasteiger partial charge in [-0.05, 0) is 93.7 Å². The van der Waals surface area contributed by atoms with Crippen molar-refractivity contribution in [2.24, 2.45) is 0 Å². The Hall–Kier alpha value is -6.07. The van der Waals surface area contributed by atoms with E-state index >= 15 is 0 Å². The van der Waals surface area contributed by atoms with E-state index in [4.69, 9.17) is 4.98 Å². The van der Waals surface area contributed by atoms with Crippen molar-refractivity contribution in [3.8, 4) is 32.8 Å². The molecular weight excluding hydrogens is 657 g/mol. The maximum absolute atomic E-state index is 5.07. The third-order valence-electron chi connectivity index (χ3n) is 9.68. The minimum absolute atomic E-state index is 1.05. The second-order valence-electron chi connectivity index (χ2n) is 12.8. The van der Waals surface area contributed by atoms with Crippen molar-refractivity contribution >= 4 is 80.9 Å². The number of thiophene rings is 1. The van der Waals surface area contributed by atoms with Gasteiger partial charge in [0.25, 0.3) is 0 Å². The maximum Gasteiger partial charge on any atom is 0.124 e. The van der Waals surface area contributed by atoms with Crippen molar-refractivity contribution in [2.45, 2.75) is 0 Å². The molecule has 2 aromatic heterocycles. The summed E-state index contributed by atoms with van der Waals surface area (Å²) in [5, 5.41) is 6.07. The molecule has 0 aliphatic heterocycles. The Kier molecular flexibility index (Phi) is 7.23. The van der Waals surface area contributed by atoms with Crippen LogP contribution in [0.5, 0.6) is 0 Å². The lowest BCUT2D eigenvalue weighted by atomic mass is 10.0. The van der Waals surface area contributed by atoms with Crippen LogP contribution in [0.4, 0.5) is 17.1 Å². The molecule has 2 nitrogen and oxygen atoms in total. The first-order valence-electron chi connectivity index (χ1n) is 17.1. The molecule has 0 aliphatic carbocycles. The average Bonchev–Trinajstić information content (AvgIpc) is 3.78. The predicted octanol–water partition coefficient (Wildman–Crippen LogP) is 14.3. The summed E-state index contributed by atoms with van der Waals surface area (Å²) in [6, 6.07) is 65.7. The van der Waals surface area contributed by atoms with E-state index in [0.29, 0.717) is 0 Å². The predicted molar refractivity (Wildman–Crippen MR) is 221 cm³/mol. The normalized spacial score (nSPS) is 11.5. The van der Waals surface area contributed by atoms with E-state index in [9.17, 15) is 0 Å². The minimum atomic E-state index is 1.05. The first kappa shape index (κ1) is 29.8. The van der Waals surface area contributed by atoms with Gasteiger partial charge in [-0.1, -0.05) is 121 Å². The van der Waals surface area contributed by atoms with Gasteiger partial charge in [0.15, 0.2) is 0 Å². The molecule has 0 spiro atoms. The van der Waals surface area contributed by atoms with E-state index in [1.165, 1.54) is 57.9 Å². The zero-order valence-corrected chi connectivity index (χ0v) is 29.2. The highest BCUT2D eigenvalue weighted by Gasteiger charge is 2.17. The van der Waals surface area contributed by atoms with Crippen molar-refractivity contribution < 1.29 is 0 Å². The molecule has 51 heavy (non-hydrogen) atoms. The molecular formula is C47H30N2S2. The molecule has 0 bridgehead atoms.